The van der Waals surface area contributed by atoms with E-state index in [2.05, 4.69) is 39.6 Å². The average molecular weight is 479 g/mol. The molecule has 0 bridgehead atoms. The van der Waals surface area contributed by atoms with E-state index in [0.29, 0.717) is 12.8 Å². The summed E-state index contributed by atoms with van der Waals surface area (Å²) in [6.45, 7) is 17.0. The van der Waals surface area contributed by atoms with Crippen LogP contribution in [0.25, 0.3) is 0 Å². The molecule has 1 aliphatic carbocycles. The molecule has 1 amide bonds. The first kappa shape index (κ1) is 27.4. The van der Waals surface area contributed by atoms with Gasteiger partial charge in [0.15, 0.2) is 0 Å². The summed E-state index contributed by atoms with van der Waals surface area (Å²) < 4.78 is -0.268. The number of aliphatic carboxylic acids is 1. The van der Waals surface area contributed by atoms with Crippen molar-refractivity contribution in [3.8, 4) is 0 Å². The lowest BCUT2D eigenvalue weighted by Crippen LogP contribution is -2.81. The molecule has 0 spiro atoms. The van der Waals surface area contributed by atoms with Gasteiger partial charge in [0.2, 0.25) is 0 Å². The second kappa shape index (κ2) is 7.93. The van der Waals surface area contributed by atoms with Gasteiger partial charge < -0.3 is 15.0 Å². The minimum absolute atomic E-state index is 0.0359. The molecule has 2 aliphatic heterocycles. The highest BCUT2D eigenvalue weighted by molar-refractivity contribution is 5.77. The van der Waals surface area contributed by atoms with Gasteiger partial charge in [0.25, 0.3) is 6.09 Å². The fourth-order valence-electron chi connectivity index (χ4n) is 9.11. The number of likely N-dealkylation sites (tertiary alicyclic amines) is 2. The van der Waals surface area contributed by atoms with Gasteiger partial charge >= 0.3 is 5.97 Å². The highest BCUT2D eigenvalue weighted by Gasteiger charge is 2.72. The molecule has 196 valence electrons. The van der Waals surface area contributed by atoms with Crippen molar-refractivity contribution in [2.45, 2.75) is 135 Å². The van der Waals surface area contributed by atoms with Crippen LogP contribution in [-0.4, -0.2) is 62.8 Å². The van der Waals surface area contributed by atoms with Gasteiger partial charge in [0.1, 0.15) is 11.1 Å². The Morgan fingerprint density at radius 1 is 0.853 bits per heavy atom. The molecular weight excluding hydrogens is 428 g/mol. The van der Waals surface area contributed by atoms with Crippen LogP contribution >= 0.6 is 0 Å². The van der Waals surface area contributed by atoms with Crippen molar-refractivity contribution in [1.82, 2.24) is 4.90 Å². The van der Waals surface area contributed by atoms with Crippen LogP contribution < -0.4 is 5.11 Å². The van der Waals surface area contributed by atoms with Crippen LogP contribution in [0.2, 0.25) is 0 Å². The van der Waals surface area contributed by atoms with E-state index in [1.807, 2.05) is 27.7 Å². The Morgan fingerprint density at radius 3 is 1.62 bits per heavy atom. The summed E-state index contributed by atoms with van der Waals surface area (Å²) in [6.07, 6.45) is 6.62. The number of hydrogen-bond donors (Lipinski definition) is 1. The van der Waals surface area contributed by atoms with Gasteiger partial charge in [-0.3, -0.25) is 14.2 Å². The summed E-state index contributed by atoms with van der Waals surface area (Å²) >= 11 is 0. The van der Waals surface area contributed by atoms with E-state index in [1.165, 1.54) is 0 Å². The molecule has 34 heavy (non-hydrogen) atoms. The third kappa shape index (κ3) is 3.56. The number of hydrogen-bond acceptors (Lipinski definition) is 4. The lowest BCUT2D eigenvalue weighted by atomic mass is 9.42. The Balaban J connectivity index is 2.25. The van der Waals surface area contributed by atoms with Crippen molar-refractivity contribution in [2.24, 2.45) is 16.7 Å². The average Bonchev–Trinajstić information content (AvgIpc) is 2.69. The zero-order valence-electron chi connectivity index (χ0n) is 23.5. The molecule has 0 atom stereocenters. The fraction of sp³-hybridized carbons (Fsp3) is 0.929. The first-order valence-corrected chi connectivity index (χ1v) is 13.3. The van der Waals surface area contributed by atoms with Crippen LogP contribution in [0.15, 0.2) is 0 Å². The Hall–Kier alpha value is -1.14. The fourth-order valence-corrected chi connectivity index (χ4v) is 9.11. The van der Waals surface area contributed by atoms with Crippen LogP contribution in [0.1, 0.15) is 113 Å². The number of carbonyl (C=O) groups excluding carboxylic acids is 1. The standard InChI is InChI=1S/C28H50N2O4/c1-23(2)16-20(17-24(3,4)29(23)9)27(14-12-11-13-15-27)28(21(31)32)18-25(5,6)30(10,22(33)34)26(7,8)19-28/h20H,11-19H2,1-10H3,(H-,31,32,33,34). The predicted molar refractivity (Wildman–Crippen MR) is 133 cm³/mol. The zero-order chi connectivity index (χ0) is 26.2. The van der Waals surface area contributed by atoms with Crippen molar-refractivity contribution < 1.29 is 24.3 Å². The molecule has 6 nitrogen and oxygen atoms in total. The number of carboxylic acid groups (broad SMARTS) is 2. The van der Waals surface area contributed by atoms with E-state index in [4.69, 9.17) is 0 Å². The van der Waals surface area contributed by atoms with Crippen molar-refractivity contribution in [3.63, 3.8) is 0 Å². The van der Waals surface area contributed by atoms with Gasteiger partial charge in [-0.05, 0) is 99.5 Å². The van der Waals surface area contributed by atoms with Crippen molar-refractivity contribution in [1.29, 1.82) is 0 Å². The number of piperidine rings is 2. The number of quaternary nitrogens is 1. The zero-order valence-corrected chi connectivity index (χ0v) is 23.5. The smallest absolute Gasteiger partial charge is 0.310 e. The number of amides is 1. The predicted octanol–water partition coefficient (Wildman–Crippen LogP) is 5.05. The third-order valence-corrected chi connectivity index (χ3v) is 11.5. The van der Waals surface area contributed by atoms with Crippen molar-refractivity contribution >= 4 is 12.1 Å². The van der Waals surface area contributed by atoms with Gasteiger partial charge in [-0.1, -0.05) is 19.3 Å². The topological polar surface area (TPSA) is 80.7 Å². The Morgan fingerprint density at radius 2 is 1.26 bits per heavy atom. The van der Waals surface area contributed by atoms with Gasteiger partial charge in [0, 0.05) is 23.9 Å². The second-order valence-electron chi connectivity index (χ2n) is 14.6. The van der Waals surface area contributed by atoms with E-state index in [0.717, 1.165) is 44.9 Å². The molecule has 3 rings (SSSR count). The van der Waals surface area contributed by atoms with E-state index in [9.17, 15) is 19.8 Å². The molecule has 2 heterocycles. The molecule has 0 unspecified atom stereocenters. The number of carbonyl (C=O) groups is 2. The highest BCUT2D eigenvalue weighted by atomic mass is 16.4. The van der Waals surface area contributed by atoms with Gasteiger partial charge in [-0.15, -0.1) is 0 Å². The molecule has 0 aromatic rings. The molecule has 2 saturated heterocycles. The summed E-state index contributed by atoms with van der Waals surface area (Å²) in [5, 5.41) is 23.7. The molecule has 1 N–H and O–H groups in total. The first-order chi connectivity index (χ1) is 15.2. The maximum Gasteiger partial charge on any atom is 0.310 e. The maximum absolute atomic E-state index is 13.6. The minimum Gasteiger partial charge on any atom is -0.498 e. The first-order valence-electron chi connectivity index (χ1n) is 13.3. The highest BCUT2D eigenvalue weighted by Crippen LogP contribution is 2.68. The maximum atomic E-state index is 13.6. The van der Waals surface area contributed by atoms with Gasteiger partial charge in [-0.2, -0.15) is 0 Å². The molecular formula is C28H50N2O4. The molecule has 0 aromatic carbocycles. The molecule has 6 heteroatoms. The lowest BCUT2D eigenvalue weighted by Gasteiger charge is -2.69. The van der Waals surface area contributed by atoms with Crippen LogP contribution in [0.3, 0.4) is 0 Å². The second-order valence-corrected chi connectivity index (χ2v) is 14.6. The number of nitrogens with zero attached hydrogens (tertiary/aromatic N) is 2. The SMILES string of the molecule is CN1C(C)(C)CC(C2(C3(C(=O)O)CC(C)(C)[N+](C)(C(=O)[O-])C(C)(C)C3)CCCCC2)CC1(C)C. The molecule has 1 saturated carbocycles. The van der Waals surface area contributed by atoms with Crippen molar-refractivity contribution in [2.75, 3.05) is 14.1 Å². The van der Waals surface area contributed by atoms with Crippen LogP contribution in [0, 0.1) is 16.7 Å². The number of rotatable bonds is 3. The van der Waals surface area contributed by atoms with Crippen LogP contribution in [-0.2, 0) is 4.79 Å². The molecule has 3 aliphatic rings. The summed E-state index contributed by atoms with van der Waals surface area (Å²) in [5.74, 6) is -0.453. The van der Waals surface area contributed by atoms with Gasteiger partial charge in [0.05, 0.1) is 12.5 Å². The van der Waals surface area contributed by atoms with E-state index < -0.39 is 28.6 Å². The minimum atomic E-state index is -1.12. The van der Waals surface area contributed by atoms with Gasteiger partial charge in [-0.25, -0.2) is 0 Å². The number of carboxylic acids is 1. The largest absolute Gasteiger partial charge is 0.498 e. The summed E-state index contributed by atoms with van der Waals surface area (Å²) in [4.78, 5) is 28.6. The third-order valence-electron chi connectivity index (χ3n) is 11.5. The quantitative estimate of drug-likeness (QED) is 0.574. The van der Waals surface area contributed by atoms with E-state index in [1.54, 1.807) is 7.05 Å². The van der Waals surface area contributed by atoms with Crippen LogP contribution in [0.4, 0.5) is 4.79 Å². The summed E-state index contributed by atoms with van der Waals surface area (Å²) in [7, 11) is 3.93. The normalized spacial score (nSPS) is 37.1. The monoisotopic (exact) mass is 478 g/mol. The lowest BCUT2D eigenvalue weighted by molar-refractivity contribution is -0.956. The van der Waals surface area contributed by atoms with E-state index in [-0.39, 0.29) is 26.9 Å². The Kier molecular flexibility index (Phi) is 6.40. The Labute approximate surface area is 207 Å². The van der Waals surface area contributed by atoms with Crippen molar-refractivity contribution in [3.05, 3.63) is 0 Å². The summed E-state index contributed by atoms with van der Waals surface area (Å²) in [6, 6.07) is 0. The molecule has 0 radical (unpaired) electrons. The van der Waals surface area contributed by atoms with E-state index >= 15 is 0 Å². The Bertz CT molecular complexity index is 799. The molecule has 3 fully saturated rings. The van der Waals surface area contributed by atoms with Crippen LogP contribution in [0.5, 0.6) is 0 Å². The summed E-state index contributed by atoms with van der Waals surface area (Å²) in [5.41, 5.74) is -2.95. The molecule has 0 aromatic heterocycles.